The van der Waals surface area contributed by atoms with Gasteiger partial charge in [0.25, 0.3) is 11.8 Å². The van der Waals surface area contributed by atoms with Crippen molar-refractivity contribution in [3.8, 4) is 0 Å². The van der Waals surface area contributed by atoms with Crippen LogP contribution in [-0.4, -0.2) is 31.4 Å². The predicted molar refractivity (Wildman–Crippen MR) is 67.6 cm³/mol. The third-order valence-electron chi connectivity index (χ3n) is 2.67. The smallest absolute Gasteiger partial charge is 0.274 e. The molecule has 0 bridgehead atoms. The Morgan fingerprint density at radius 2 is 2.16 bits per heavy atom. The molecule has 2 amide bonds. The highest BCUT2D eigenvalue weighted by Gasteiger charge is 2.18. The molecular formula is C11H14N6O2. The number of nitrogens with zero attached hydrogens (tertiary/aromatic N) is 4. The Morgan fingerprint density at radius 3 is 2.68 bits per heavy atom. The molecule has 0 atom stereocenters. The molecule has 0 aliphatic heterocycles. The van der Waals surface area contributed by atoms with E-state index in [0.29, 0.717) is 17.9 Å². The standard InChI is InChI=1S/C11H14N6O2/c1-3-17-9(10(12)18)7(6-14-17)15-11(19)8-4-5-13-16(8)2/h4-6H,3H2,1-2H3,(H2,12,18)(H,15,19). The number of hydrogen-bond acceptors (Lipinski definition) is 4. The van der Waals surface area contributed by atoms with Crippen LogP contribution in [0.3, 0.4) is 0 Å². The zero-order chi connectivity index (χ0) is 14.0. The Bertz CT molecular complexity index is 627. The summed E-state index contributed by atoms with van der Waals surface area (Å²) in [5.74, 6) is -1.02. The van der Waals surface area contributed by atoms with Crippen LogP contribution in [0.4, 0.5) is 5.69 Å². The van der Waals surface area contributed by atoms with E-state index in [1.807, 2.05) is 6.92 Å². The fraction of sp³-hybridized carbons (Fsp3) is 0.273. The molecule has 0 spiro atoms. The number of carbonyl (C=O) groups excluding carboxylic acids is 2. The second-order valence-corrected chi connectivity index (χ2v) is 3.88. The summed E-state index contributed by atoms with van der Waals surface area (Å²) in [4.78, 5) is 23.4. The van der Waals surface area contributed by atoms with Gasteiger partial charge in [-0.25, -0.2) is 0 Å². The van der Waals surface area contributed by atoms with E-state index in [1.54, 1.807) is 13.1 Å². The summed E-state index contributed by atoms with van der Waals surface area (Å²) in [5.41, 5.74) is 6.14. The van der Waals surface area contributed by atoms with Crippen molar-refractivity contribution in [3.63, 3.8) is 0 Å². The number of anilines is 1. The van der Waals surface area contributed by atoms with Crippen molar-refractivity contribution in [1.82, 2.24) is 19.6 Å². The Morgan fingerprint density at radius 1 is 1.42 bits per heavy atom. The fourth-order valence-electron chi connectivity index (χ4n) is 1.76. The number of nitrogens with two attached hydrogens (primary N) is 1. The normalized spacial score (nSPS) is 10.4. The van der Waals surface area contributed by atoms with Crippen LogP contribution in [0.5, 0.6) is 0 Å². The van der Waals surface area contributed by atoms with Gasteiger partial charge in [-0.1, -0.05) is 0 Å². The van der Waals surface area contributed by atoms with E-state index in [0.717, 1.165) is 0 Å². The largest absolute Gasteiger partial charge is 0.364 e. The summed E-state index contributed by atoms with van der Waals surface area (Å²) in [6, 6.07) is 1.57. The molecule has 0 aliphatic rings. The Labute approximate surface area is 109 Å². The van der Waals surface area contributed by atoms with E-state index >= 15 is 0 Å². The van der Waals surface area contributed by atoms with Gasteiger partial charge in [-0.3, -0.25) is 19.0 Å². The molecule has 0 saturated carbocycles. The first-order valence-electron chi connectivity index (χ1n) is 5.69. The molecule has 0 aliphatic carbocycles. The number of carbonyl (C=O) groups is 2. The maximum atomic E-state index is 12.0. The number of rotatable bonds is 4. The molecule has 0 aromatic carbocycles. The van der Waals surface area contributed by atoms with Gasteiger partial charge >= 0.3 is 0 Å². The summed E-state index contributed by atoms with van der Waals surface area (Å²) in [5, 5.41) is 10.5. The van der Waals surface area contributed by atoms with Crippen molar-refractivity contribution in [2.75, 3.05) is 5.32 Å². The molecule has 3 N–H and O–H groups in total. The fourth-order valence-corrected chi connectivity index (χ4v) is 1.76. The highest BCUT2D eigenvalue weighted by atomic mass is 16.2. The lowest BCUT2D eigenvalue weighted by molar-refractivity contribution is 0.0991. The minimum Gasteiger partial charge on any atom is -0.364 e. The molecule has 2 rings (SSSR count). The molecule has 8 heteroatoms. The van der Waals surface area contributed by atoms with Gasteiger partial charge in [0.05, 0.1) is 11.9 Å². The van der Waals surface area contributed by atoms with Gasteiger partial charge in [-0.15, -0.1) is 0 Å². The SMILES string of the molecule is CCn1ncc(NC(=O)c2ccnn2C)c1C(N)=O. The van der Waals surface area contributed by atoms with Crippen molar-refractivity contribution in [3.05, 3.63) is 29.8 Å². The molecule has 0 fully saturated rings. The second kappa shape index (κ2) is 4.92. The van der Waals surface area contributed by atoms with Crippen molar-refractivity contribution < 1.29 is 9.59 Å². The maximum absolute atomic E-state index is 12.0. The number of amides is 2. The lowest BCUT2D eigenvalue weighted by Gasteiger charge is -2.06. The molecule has 2 aromatic rings. The van der Waals surface area contributed by atoms with Crippen LogP contribution in [0.15, 0.2) is 18.5 Å². The molecule has 19 heavy (non-hydrogen) atoms. The van der Waals surface area contributed by atoms with Gasteiger partial charge in [-0.05, 0) is 13.0 Å². The van der Waals surface area contributed by atoms with E-state index < -0.39 is 5.91 Å². The van der Waals surface area contributed by atoms with Gasteiger partial charge in [0.15, 0.2) is 0 Å². The van der Waals surface area contributed by atoms with E-state index in [4.69, 9.17) is 5.73 Å². The molecule has 2 heterocycles. The van der Waals surface area contributed by atoms with Crippen molar-refractivity contribution in [2.45, 2.75) is 13.5 Å². The lowest BCUT2D eigenvalue weighted by Crippen LogP contribution is -2.22. The third kappa shape index (κ3) is 2.32. The Kier molecular flexibility index (Phi) is 3.32. The van der Waals surface area contributed by atoms with Crippen molar-refractivity contribution >= 4 is 17.5 Å². The zero-order valence-corrected chi connectivity index (χ0v) is 10.6. The van der Waals surface area contributed by atoms with E-state index in [2.05, 4.69) is 15.5 Å². The topological polar surface area (TPSA) is 108 Å². The van der Waals surface area contributed by atoms with Crippen molar-refractivity contribution in [2.24, 2.45) is 12.8 Å². The van der Waals surface area contributed by atoms with Gasteiger partial charge in [0, 0.05) is 19.8 Å². The lowest BCUT2D eigenvalue weighted by atomic mass is 10.3. The van der Waals surface area contributed by atoms with E-state index in [1.165, 1.54) is 21.8 Å². The molecule has 0 unspecified atom stereocenters. The van der Waals surface area contributed by atoms with Crippen LogP contribution >= 0.6 is 0 Å². The summed E-state index contributed by atoms with van der Waals surface area (Å²) >= 11 is 0. The van der Waals surface area contributed by atoms with Gasteiger partial charge in [0.2, 0.25) is 0 Å². The first-order valence-corrected chi connectivity index (χ1v) is 5.69. The number of primary amides is 1. The maximum Gasteiger partial charge on any atom is 0.274 e. The Balaban J connectivity index is 2.29. The minimum atomic E-state index is -0.639. The van der Waals surface area contributed by atoms with Gasteiger partial charge in [0.1, 0.15) is 11.4 Å². The average Bonchev–Trinajstić information content (AvgIpc) is 2.94. The summed E-state index contributed by atoms with van der Waals surface area (Å²) in [6.07, 6.45) is 2.91. The molecule has 8 nitrogen and oxygen atoms in total. The van der Waals surface area contributed by atoms with Crippen LogP contribution in [0, 0.1) is 0 Å². The first-order chi connectivity index (χ1) is 9.04. The van der Waals surface area contributed by atoms with E-state index in [9.17, 15) is 9.59 Å². The third-order valence-corrected chi connectivity index (χ3v) is 2.67. The van der Waals surface area contributed by atoms with Crippen LogP contribution in [0.2, 0.25) is 0 Å². The highest BCUT2D eigenvalue weighted by molar-refractivity contribution is 6.07. The second-order valence-electron chi connectivity index (χ2n) is 3.88. The average molecular weight is 262 g/mol. The molecule has 0 saturated heterocycles. The number of aromatic nitrogens is 4. The monoisotopic (exact) mass is 262 g/mol. The van der Waals surface area contributed by atoms with Crippen LogP contribution in [-0.2, 0) is 13.6 Å². The number of aryl methyl sites for hydroxylation is 2. The molecular weight excluding hydrogens is 248 g/mol. The first kappa shape index (κ1) is 12.8. The highest BCUT2D eigenvalue weighted by Crippen LogP contribution is 2.15. The Hall–Kier alpha value is -2.64. The summed E-state index contributed by atoms with van der Waals surface area (Å²) < 4.78 is 2.87. The van der Waals surface area contributed by atoms with Crippen LogP contribution in [0.25, 0.3) is 0 Å². The molecule has 0 radical (unpaired) electrons. The molecule has 100 valence electrons. The van der Waals surface area contributed by atoms with Crippen molar-refractivity contribution in [1.29, 1.82) is 0 Å². The zero-order valence-electron chi connectivity index (χ0n) is 10.6. The summed E-state index contributed by atoms with van der Waals surface area (Å²) in [7, 11) is 1.65. The number of nitrogens with one attached hydrogen (secondary N) is 1. The quantitative estimate of drug-likeness (QED) is 0.807. The van der Waals surface area contributed by atoms with E-state index in [-0.39, 0.29) is 11.6 Å². The van der Waals surface area contributed by atoms with Gasteiger partial charge < -0.3 is 11.1 Å². The summed E-state index contributed by atoms with van der Waals surface area (Å²) in [6.45, 7) is 2.31. The molecule has 2 aromatic heterocycles. The van der Waals surface area contributed by atoms with Crippen LogP contribution < -0.4 is 11.1 Å². The minimum absolute atomic E-state index is 0.179. The predicted octanol–water partition coefficient (Wildman–Crippen LogP) is -0.0123. The van der Waals surface area contributed by atoms with Gasteiger partial charge in [-0.2, -0.15) is 10.2 Å². The number of hydrogen-bond donors (Lipinski definition) is 2. The van der Waals surface area contributed by atoms with Crippen LogP contribution in [0.1, 0.15) is 27.9 Å².